The fourth-order valence-electron chi connectivity index (χ4n) is 2.32. The predicted octanol–water partition coefficient (Wildman–Crippen LogP) is 3.11. The smallest absolute Gasteiger partial charge is 0.349 e. The lowest BCUT2D eigenvalue weighted by molar-refractivity contribution is -0.124. The second kappa shape index (κ2) is 8.53. The first-order chi connectivity index (χ1) is 12.0. The Labute approximate surface area is 150 Å². The van der Waals surface area contributed by atoms with Crippen molar-refractivity contribution in [2.45, 2.75) is 19.9 Å². The van der Waals surface area contributed by atoms with Gasteiger partial charge >= 0.3 is 5.97 Å². The number of nitrogens with one attached hydrogen (secondary N) is 1. The van der Waals surface area contributed by atoms with Crippen LogP contribution in [0.15, 0.2) is 29.6 Å². The largest absolute Gasteiger partial charge is 0.497 e. The molecule has 7 heteroatoms. The summed E-state index contributed by atoms with van der Waals surface area (Å²) < 4.78 is 15.6. The molecule has 25 heavy (non-hydrogen) atoms. The number of hydrogen-bond acceptors (Lipinski definition) is 6. The maximum atomic E-state index is 12.1. The molecular formula is C18H21NO5S. The zero-order chi connectivity index (χ0) is 18.4. The van der Waals surface area contributed by atoms with E-state index in [-0.39, 0.29) is 18.6 Å². The van der Waals surface area contributed by atoms with E-state index in [4.69, 9.17) is 14.2 Å². The molecule has 1 N–H and O–H groups in total. The lowest BCUT2D eigenvalue weighted by Crippen LogP contribution is -2.31. The number of benzene rings is 1. The van der Waals surface area contributed by atoms with Crippen molar-refractivity contribution in [1.29, 1.82) is 0 Å². The Hall–Kier alpha value is -2.54. The third-order valence-corrected chi connectivity index (χ3v) is 4.66. The number of methoxy groups -OCH3 is 2. The van der Waals surface area contributed by atoms with Gasteiger partial charge in [0, 0.05) is 5.56 Å². The fraction of sp³-hybridized carbons (Fsp3) is 0.333. The Balaban J connectivity index is 1.96. The van der Waals surface area contributed by atoms with Crippen molar-refractivity contribution in [3.8, 4) is 11.5 Å². The third-order valence-electron chi connectivity index (χ3n) is 3.66. The Morgan fingerprint density at radius 2 is 1.96 bits per heavy atom. The number of carbonyl (C=O) groups is 2. The highest BCUT2D eigenvalue weighted by atomic mass is 32.1. The minimum Gasteiger partial charge on any atom is -0.497 e. The van der Waals surface area contributed by atoms with E-state index >= 15 is 0 Å². The quantitative estimate of drug-likeness (QED) is 0.765. The summed E-state index contributed by atoms with van der Waals surface area (Å²) in [5.74, 6) is 0.422. The number of carbonyl (C=O) groups excluding carboxylic acids is 2. The van der Waals surface area contributed by atoms with Gasteiger partial charge in [0.15, 0.2) is 6.61 Å². The van der Waals surface area contributed by atoms with Gasteiger partial charge in [0.05, 0.1) is 20.3 Å². The van der Waals surface area contributed by atoms with Crippen molar-refractivity contribution in [2.75, 3.05) is 20.8 Å². The van der Waals surface area contributed by atoms with Crippen LogP contribution in [0, 0.1) is 6.92 Å². The normalized spacial score (nSPS) is 11.5. The number of thiophene rings is 1. The van der Waals surface area contributed by atoms with Gasteiger partial charge in [0.2, 0.25) is 0 Å². The number of amides is 1. The number of hydrogen-bond donors (Lipinski definition) is 1. The van der Waals surface area contributed by atoms with E-state index in [1.807, 2.05) is 25.3 Å². The molecule has 1 heterocycles. The average Bonchev–Trinajstić information content (AvgIpc) is 3.05. The zero-order valence-corrected chi connectivity index (χ0v) is 15.4. The molecule has 6 nitrogen and oxygen atoms in total. The van der Waals surface area contributed by atoms with Crippen molar-refractivity contribution in [3.05, 3.63) is 45.6 Å². The van der Waals surface area contributed by atoms with Crippen molar-refractivity contribution in [2.24, 2.45) is 0 Å². The molecule has 0 aliphatic rings. The van der Waals surface area contributed by atoms with Gasteiger partial charge in [0.1, 0.15) is 16.4 Å². The van der Waals surface area contributed by atoms with Crippen LogP contribution in [-0.2, 0) is 9.53 Å². The van der Waals surface area contributed by atoms with E-state index < -0.39 is 5.97 Å². The summed E-state index contributed by atoms with van der Waals surface area (Å²) in [6, 6.07) is 6.85. The topological polar surface area (TPSA) is 73.9 Å². The maximum absolute atomic E-state index is 12.1. The number of esters is 1. The average molecular weight is 363 g/mol. The molecule has 0 aliphatic carbocycles. The lowest BCUT2D eigenvalue weighted by Gasteiger charge is -2.18. The molecule has 0 saturated heterocycles. The highest BCUT2D eigenvalue weighted by molar-refractivity contribution is 7.12. The first kappa shape index (κ1) is 18.8. The van der Waals surface area contributed by atoms with Crippen molar-refractivity contribution < 1.29 is 23.8 Å². The van der Waals surface area contributed by atoms with Crippen LogP contribution in [-0.4, -0.2) is 32.7 Å². The highest BCUT2D eigenvalue weighted by Crippen LogP contribution is 2.29. The molecule has 0 fully saturated rings. The van der Waals surface area contributed by atoms with E-state index in [1.54, 1.807) is 32.4 Å². The van der Waals surface area contributed by atoms with E-state index in [9.17, 15) is 9.59 Å². The molecule has 2 aromatic rings. The van der Waals surface area contributed by atoms with Crippen LogP contribution in [0.5, 0.6) is 11.5 Å². The standard InChI is InChI=1S/C18H21NO5S/c1-11-7-8-25-17(11)18(21)24-10-16(20)19-12(2)14-9-13(22-3)5-6-15(14)23-4/h5-9,12H,10H2,1-4H3,(H,19,20)/t12-/m1/s1. The minimum absolute atomic E-state index is 0.334. The number of aryl methyl sites for hydroxylation is 1. The van der Waals surface area contributed by atoms with Crippen LogP contribution >= 0.6 is 11.3 Å². The second-order valence-corrected chi connectivity index (χ2v) is 6.32. The number of rotatable bonds is 7. The summed E-state index contributed by atoms with van der Waals surface area (Å²) >= 11 is 1.29. The SMILES string of the molecule is COc1ccc(OC)c([C@@H](C)NC(=O)COC(=O)c2sccc2C)c1. The Morgan fingerprint density at radius 1 is 1.20 bits per heavy atom. The van der Waals surface area contributed by atoms with Gasteiger partial charge in [-0.1, -0.05) is 0 Å². The van der Waals surface area contributed by atoms with E-state index in [0.29, 0.717) is 16.4 Å². The van der Waals surface area contributed by atoms with Gasteiger partial charge in [0.25, 0.3) is 5.91 Å². The summed E-state index contributed by atoms with van der Waals surface area (Å²) in [6.07, 6.45) is 0. The van der Waals surface area contributed by atoms with Gasteiger partial charge in [-0.15, -0.1) is 11.3 Å². The van der Waals surface area contributed by atoms with Gasteiger partial charge in [-0.25, -0.2) is 4.79 Å². The van der Waals surface area contributed by atoms with Gasteiger partial charge in [-0.2, -0.15) is 0 Å². The van der Waals surface area contributed by atoms with Crippen LogP contribution in [0.4, 0.5) is 0 Å². The molecule has 1 amide bonds. The molecule has 0 radical (unpaired) electrons. The molecule has 1 atom stereocenters. The Bertz CT molecular complexity index is 756. The summed E-state index contributed by atoms with van der Waals surface area (Å²) in [5.41, 5.74) is 1.61. The summed E-state index contributed by atoms with van der Waals surface area (Å²) in [4.78, 5) is 24.5. The molecule has 134 valence electrons. The first-order valence-electron chi connectivity index (χ1n) is 7.68. The summed E-state index contributed by atoms with van der Waals surface area (Å²) in [5, 5.41) is 4.60. The molecule has 0 aliphatic heterocycles. The molecule has 1 aromatic heterocycles. The number of ether oxygens (including phenoxy) is 3. The van der Waals surface area contributed by atoms with Gasteiger partial charge < -0.3 is 19.5 Å². The molecule has 0 saturated carbocycles. The first-order valence-corrected chi connectivity index (χ1v) is 8.56. The Morgan fingerprint density at radius 3 is 2.56 bits per heavy atom. The zero-order valence-electron chi connectivity index (χ0n) is 14.6. The van der Waals surface area contributed by atoms with Crippen LogP contribution in [0.25, 0.3) is 0 Å². The van der Waals surface area contributed by atoms with Crippen molar-refractivity contribution in [1.82, 2.24) is 5.32 Å². The molecule has 0 bridgehead atoms. The van der Waals surface area contributed by atoms with Crippen LogP contribution in [0.2, 0.25) is 0 Å². The Kier molecular flexibility index (Phi) is 6.41. The summed E-state index contributed by atoms with van der Waals surface area (Å²) in [7, 11) is 3.13. The molecule has 0 unspecified atom stereocenters. The van der Waals surface area contributed by atoms with Gasteiger partial charge in [-0.05, 0) is 49.1 Å². The van der Waals surface area contributed by atoms with Crippen LogP contribution in [0.3, 0.4) is 0 Å². The lowest BCUT2D eigenvalue weighted by atomic mass is 10.1. The predicted molar refractivity (Wildman–Crippen MR) is 95.4 cm³/mol. The molecule has 2 rings (SSSR count). The second-order valence-electron chi connectivity index (χ2n) is 5.41. The highest BCUT2D eigenvalue weighted by Gasteiger charge is 2.18. The molecule has 0 spiro atoms. The third kappa shape index (κ3) is 4.73. The maximum Gasteiger partial charge on any atom is 0.349 e. The van der Waals surface area contributed by atoms with Gasteiger partial charge in [-0.3, -0.25) is 4.79 Å². The fourth-order valence-corrected chi connectivity index (χ4v) is 3.13. The summed E-state index contributed by atoms with van der Waals surface area (Å²) in [6.45, 7) is 3.30. The van der Waals surface area contributed by atoms with E-state index in [1.165, 1.54) is 11.3 Å². The molecule has 1 aromatic carbocycles. The van der Waals surface area contributed by atoms with Crippen LogP contribution < -0.4 is 14.8 Å². The van der Waals surface area contributed by atoms with Crippen molar-refractivity contribution >= 4 is 23.2 Å². The van der Waals surface area contributed by atoms with Crippen molar-refractivity contribution in [3.63, 3.8) is 0 Å². The minimum atomic E-state index is -0.491. The van der Waals surface area contributed by atoms with Crippen LogP contribution in [0.1, 0.15) is 33.8 Å². The van der Waals surface area contributed by atoms with E-state index in [2.05, 4.69) is 5.32 Å². The van der Waals surface area contributed by atoms with E-state index in [0.717, 1.165) is 11.1 Å². The monoisotopic (exact) mass is 363 g/mol. The molecular weight excluding hydrogens is 342 g/mol.